The highest BCUT2D eigenvalue weighted by atomic mass is 32.2. The molecule has 116 valence electrons. The van der Waals surface area contributed by atoms with Crippen LogP contribution < -0.4 is 0 Å². The maximum absolute atomic E-state index is 12.2. The van der Waals surface area contributed by atoms with Gasteiger partial charge in [0.2, 0.25) is 5.16 Å². The predicted octanol–water partition coefficient (Wildman–Crippen LogP) is 2.65. The molecule has 3 aromatic rings. The van der Waals surface area contributed by atoms with E-state index in [0.717, 1.165) is 11.3 Å². The van der Waals surface area contributed by atoms with Crippen molar-refractivity contribution in [3.8, 4) is 11.4 Å². The molecule has 0 saturated heterocycles. The van der Waals surface area contributed by atoms with Gasteiger partial charge in [0.05, 0.1) is 11.4 Å². The van der Waals surface area contributed by atoms with Crippen molar-refractivity contribution < 1.29 is 9.90 Å². The van der Waals surface area contributed by atoms with E-state index < -0.39 is 0 Å². The Morgan fingerprint density at radius 3 is 2.52 bits per heavy atom. The number of Topliss-reactive ketones (excluding diaryl/α,β-unsaturated/α-hetero) is 1. The molecular formula is C16H14N4O2S. The van der Waals surface area contributed by atoms with Crippen LogP contribution in [0.3, 0.4) is 0 Å². The molecule has 2 aromatic carbocycles. The first-order valence-corrected chi connectivity index (χ1v) is 7.92. The Bertz CT molecular complexity index is 813. The summed E-state index contributed by atoms with van der Waals surface area (Å²) in [7, 11) is 0. The average molecular weight is 326 g/mol. The first-order valence-electron chi connectivity index (χ1n) is 6.94. The van der Waals surface area contributed by atoms with Gasteiger partial charge < -0.3 is 5.11 Å². The SMILES string of the molecule is Cc1ccc(-n2nnnc2SCC(=O)c2ccc(O)cc2)cc1. The fourth-order valence-electron chi connectivity index (χ4n) is 1.98. The zero-order valence-corrected chi connectivity index (χ0v) is 13.2. The van der Waals surface area contributed by atoms with Gasteiger partial charge in [-0.15, -0.1) is 5.10 Å². The van der Waals surface area contributed by atoms with Gasteiger partial charge in [0.15, 0.2) is 5.78 Å². The summed E-state index contributed by atoms with van der Waals surface area (Å²) in [6.07, 6.45) is 0. The molecule has 0 saturated carbocycles. The number of benzene rings is 2. The Hall–Kier alpha value is -2.67. The predicted molar refractivity (Wildman–Crippen MR) is 87.1 cm³/mol. The highest BCUT2D eigenvalue weighted by Gasteiger charge is 2.12. The summed E-state index contributed by atoms with van der Waals surface area (Å²) in [6.45, 7) is 2.01. The summed E-state index contributed by atoms with van der Waals surface area (Å²) in [4.78, 5) is 12.2. The number of thioether (sulfide) groups is 1. The van der Waals surface area contributed by atoms with Crippen LogP contribution in [-0.4, -0.2) is 36.8 Å². The standard InChI is InChI=1S/C16H14N4O2S/c1-11-2-6-13(7-3-11)20-16(17-18-19-20)23-10-15(22)12-4-8-14(21)9-5-12/h2-9,21H,10H2,1H3. The lowest BCUT2D eigenvalue weighted by Crippen LogP contribution is -2.04. The number of aryl methyl sites for hydroxylation is 1. The van der Waals surface area contributed by atoms with Crippen LogP contribution >= 0.6 is 11.8 Å². The fraction of sp³-hybridized carbons (Fsp3) is 0.125. The Morgan fingerprint density at radius 2 is 1.83 bits per heavy atom. The van der Waals surface area contributed by atoms with E-state index in [1.165, 1.54) is 23.9 Å². The number of hydrogen-bond donors (Lipinski definition) is 1. The number of tetrazole rings is 1. The molecule has 0 aliphatic heterocycles. The molecule has 0 radical (unpaired) electrons. The number of aromatic hydroxyl groups is 1. The van der Waals surface area contributed by atoms with Gasteiger partial charge >= 0.3 is 0 Å². The second-order valence-corrected chi connectivity index (χ2v) is 5.91. The Kier molecular flexibility index (Phi) is 4.38. The van der Waals surface area contributed by atoms with Crippen LogP contribution in [0, 0.1) is 6.92 Å². The molecule has 23 heavy (non-hydrogen) atoms. The second kappa shape index (κ2) is 6.62. The topological polar surface area (TPSA) is 80.9 Å². The second-order valence-electron chi connectivity index (χ2n) is 4.97. The van der Waals surface area contributed by atoms with Crippen LogP contribution in [0.25, 0.3) is 5.69 Å². The molecule has 0 spiro atoms. The average Bonchev–Trinajstić information content (AvgIpc) is 3.02. The van der Waals surface area contributed by atoms with Crippen LogP contribution in [0.5, 0.6) is 5.75 Å². The molecular weight excluding hydrogens is 312 g/mol. The molecule has 1 heterocycles. The third-order valence-electron chi connectivity index (χ3n) is 3.24. The van der Waals surface area contributed by atoms with E-state index in [9.17, 15) is 9.90 Å². The molecule has 3 rings (SSSR count). The molecule has 1 aromatic heterocycles. The number of carbonyl (C=O) groups is 1. The smallest absolute Gasteiger partial charge is 0.214 e. The van der Waals surface area contributed by atoms with Crippen molar-refractivity contribution in [1.82, 2.24) is 20.2 Å². The third kappa shape index (κ3) is 3.57. The van der Waals surface area contributed by atoms with E-state index in [1.807, 2.05) is 31.2 Å². The zero-order chi connectivity index (χ0) is 16.2. The minimum absolute atomic E-state index is 0.0477. The normalized spacial score (nSPS) is 10.7. The van der Waals surface area contributed by atoms with Crippen LogP contribution in [0.2, 0.25) is 0 Å². The van der Waals surface area contributed by atoms with Crippen molar-refractivity contribution in [3.63, 3.8) is 0 Å². The minimum atomic E-state index is -0.0477. The number of hydrogen-bond acceptors (Lipinski definition) is 6. The molecule has 0 aliphatic carbocycles. The van der Waals surface area contributed by atoms with E-state index in [4.69, 9.17) is 0 Å². The zero-order valence-electron chi connectivity index (χ0n) is 12.4. The van der Waals surface area contributed by atoms with Crippen LogP contribution in [0.4, 0.5) is 0 Å². The van der Waals surface area contributed by atoms with E-state index in [2.05, 4.69) is 15.5 Å². The summed E-state index contributed by atoms with van der Waals surface area (Å²) < 4.78 is 1.61. The van der Waals surface area contributed by atoms with E-state index in [1.54, 1.807) is 16.8 Å². The quantitative estimate of drug-likeness (QED) is 0.573. The first kappa shape index (κ1) is 15.2. The number of rotatable bonds is 5. The van der Waals surface area contributed by atoms with Gasteiger partial charge in [0.25, 0.3) is 0 Å². The third-order valence-corrected chi connectivity index (χ3v) is 4.16. The summed E-state index contributed by atoms with van der Waals surface area (Å²) in [6, 6.07) is 14.0. The molecule has 0 atom stereocenters. The van der Waals surface area contributed by atoms with Gasteiger partial charge in [-0.05, 0) is 53.7 Å². The van der Waals surface area contributed by atoms with Gasteiger partial charge in [-0.2, -0.15) is 4.68 Å². The van der Waals surface area contributed by atoms with E-state index in [-0.39, 0.29) is 17.3 Å². The maximum Gasteiger partial charge on any atom is 0.214 e. The minimum Gasteiger partial charge on any atom is -0.508 e. The van der Waals surface area contributed by atoms with Crippen LogP contribution in [0.15, 0.2) is 53.7 Å². The Morgan fingerprint density at radius 1 is 1.13 bits per heavy atom. The summed E-state index contributed by atoms with van der Waals surface area (Å²) in [5, 5.41) is 21.4. The van der Waals surface area contributed by atoms with Crippen LogP contribution in [-0.2, 0) is 0 Å². The lowest BCUT2D eigenvalue weighted by atomic mass is 10.1. The maximum atomic E-state index is 12.2. The lowest BCUT2D eigenvalue weighted by molar-refractivity contribution is 0.102. The molecule has 0 bridgehead atoms. The molecule has 6 nitrogen and oxygen atoms in total. The number of ketones is 1. The van der Waals surface area contributed by atoms with Gasteiger partial charge in [0.1, 0.15) is 5.75 Å². The number of nitrogens with zero attached hydrogens (tertiary/aromatic N) is 4. The summed E-state index contributed by atoms with van der Waals surface area (Å²) >= 11 is 1.27. The van der Waals surface area contributed by atoms with Gasteiger partial charge in [-0.25, -0.2) is 0 Å². The molecule has 7 heteroatoms. The highest BCUT2D eigenvalue weighted by molar-refractivity contribution is 7.99. The van der Waals surface area contributed by atoms with Crippen molar-refractivity contribution in [3.05, 3.63) is 59.7 Å². The molecule has 1 N–H and O–H groups in total. The summed E-state index contributed by atoms with van der Waals surface area (Å²) in [5.74, 6) is 0.308. The van der Waals surface area contributed by atoms with E-state index >= 15 is 0 Å². The van der Waals surface area contributed by atoms with E-state index in [0.29, 0.717) is 10.7 Å². The Balaban J connectivity index is 1.72. The van der Waals surface area contributed by atoms with Crippen molar-refractivity contribution >= 4 is 17.5 Å². The molecule has 0 unspecified atom stereocenters. The lowest BCUT2D eigenvalue weighted by Gasteiger charge is -2.04. The van der Waals surface area contributed by atoms with Crippen molar-refractivity contribution in [2.24, 2.45) is 0 Å². The Labute approximate surface area is 137 Å². The van der Waals surface area contributed by atoms with Crippen molar-refractivity contribution in [2.75, 3.05) is 5.75 Å². The number of phenolic OH excluding ortho intramolecular Hbond substituents is 1. The van der Waals surface area contributed by atoms with Gasteiger partial charge in [-0.1, -0.05) is 29.5 Å². The van der Waals surface area contributed by atoms with Crippen LogP contribution in [0.1, 0.15) is 15.9 Å². The molecule has 0 amide bonds. The van der Waals surface area contributed by atoms with Gasteiger partial charge in [-0.3, -0.25) is 4.79 Å². The monoisotopic (exact) mass is 326 g/mol. The van der Waals surface area contributed by atoms with Crippen molar-refractivity contribution in [1.29, 1.82) is 0 Å². The number of aromatic nitrogens is 4. The molecule has 0 fully saturated rings. The number of carbonyl (C=O) groups excluding carboxylic acids is 1. The highest BCUT2D eigenvalue weighted by Crippen LogP contribution is 2.20. The summed E-state index contributed by atoms with van der Waals surface area (Å²) in [5.41, 5.74) is 2.54. The van der Waals surface area contributed by atoms with Crippen molar-refractivity contribution in [2.45, 2.75) is 12.1 Å². The first-order chi connectivity index (χ1) is 11.1. The largest absolute Gasteiger partial charge is 0.508 e. The van der Waals surface area contributed by atoms with Gasteiger partial charge in [0, 0.05) is 5.56 Å². The fourth-order valence-corrected chi connectivity index (χ4v) is 2.76. The number of phenols is 1. The molecule has 0 aliphatic rings.